The van der Waals surface area contributed by atoms with Crippen LogP contribution in [0.25, 0.3) is 10.7 Å². The highest BCUT2D eigenvalue weighted by Crippen LogP contribution is 2.22. The molecule has 0 unspecified atom stereocenters. The second-order valence-electron chi connectivity index (χ2n) is 2.96. The molecule has 2 heterocycles. The summed E-state index contributed by atoms with van der Waals surface area (Å²) in [6.45, 7) is 0. The first kappa shape index (κ1) is 10.6. The Bertz CT molecular complexity index is 511. The van der Waals surface area contributed by atoms with Gasteiger partial charge in [0.1, 0.15) is 11.4 Å². The van der Waals surface area contributed by atoms with E-state index in [1.165, 1.54) is 24.6 Å². The highest BCUT2D eigenvalue weighted by molar-refractivity contribution is 7.13. The average molecular weight is 235 g/mol. The molecule has 5 nitrogen and oxygen atoms in total. The number of rotatable bonds is 2. The number of nitrogens with two attached hydrogens (primary N) is 1. The van der Waals surface area contributed by atoms with E-state index in [9.17, 15) is 4.79 Å². The first-order chi connectivity index (χ1) is 7.72. The quantitative estimate of drug-likeness (QED) is 0.799. The number of methoxy groups -OCH3 is 1. The van der Waals surface area contributed by atoms with Gasteiger partial charge < -0.3 is 10.5 Å². The van der Waals surface area contributed by atoms with Gasteiger partial charge in [0, 0.05) is 6.20 Å². The second-order valence-corrected chi connectivity index (χ2v) is 3.91. The molecule has 0 aliphatic carbocycles. The van der Waals surface area contributed by atoms with Crippen LogP contribution in [0.15, 0.2) is 23.7 Å². The fourth-order valence-corrected chi connectivity index (χ4v) is 1.85. The van der Waals surface area contributed by atoms with E-state index in [4.69, 9.17) is 5.73 Å². The number of thiophene rings is 1. The highest BCUT2D eigenvalue weighted by atomic mass is 32.1. The van der Waals surface area contributed by atoms with Crippen molar-refractivity contribution in [2.24, 2.45) is 0 Å². The Balaban J connectivity index is 2.41. The van der Waals surface area contributed by atoms with Crippen LogP contribution in [0.1, 0.15) is 10.4 Å². The van der Waals surface area contributed by atoms with Crippen molar-refractivity contribution in [3.63, 3.8) is 0 Å². The number of hydrogen-bond donors (Lipinski definition) is 1. The van der Waals surface area contributed by atoms with Gasteiger partial charge in [-0.05, 0) is 11.4 Å². The molecule has 0 spiro atoms. The fourth-order valence-electron chi connectivity index (χ4n) is 1.19. The van der Waals surface area contributed by atoms with Crippen molar-refractivity contribution < 1.29 is 9.53 Å². The second kappa shape index (κ2) is 4.28. The van der Waals surface area contributed by atoms with Crippen LogP contribution < -0.4 is 5.73 Å². The topological polar surface area (TPSA) is 78.1 Å². The van der Waals surface area contributed by atoms with Crippen molar-refractivity contribution in [1.82, 2.24) is 9.97 Å². The van der Waals surface area contributed by atoms with Gasteiger partial charge in [0.15, 0.2) is 5.82 Å². The Morgan fingerprint density at radius 1 is 1.56 bits per heavy atom. The molecule has 2 aromatic heterocycles. The summed E-state index contributed by atoms with van der Waals surface area (Å²) in [7, 11) is 1.29. The molecule has 0 atom stereocenters. The smallest absolute Gasteiger partial charge is 0.343 e. The maximum absolute atomic E-state index is 11.3. The van der Waals surface area contributed by atoms with E-state index in [1.807, 2.05) is 17.5 Å². The Labute approximate surface area is 95.9 Å². The van der Waals surface area contributed by atoms with Gasteiger partial charge in [-0.3, -0.25) is 0 Å². The Hall–Kier alpha value is -1.95. The van der Waals surface area contributed by atoms with Gasteiger partial charge >= 0.3 is 5.97 Å². The monoisotopic (exact) mass is 235 g/mol. The molecule has 0 aromatic carbocycles. The van der Waals surface area contributed by atoms with Gasteiger partial charge in [-0.25, -0.2) is 14.8 Å². The average Bonchev–Trinajstić information content (AvgIpc) is 2.81. The van der Waals surface area contributed by atoms with Crippen LogP contribution in [-0.4, -0.2) is 23.0 Å². The van der Waals surface area contributed by atoms with Crippen molar-refractivity contribution in [2.75, 3.05) is 12.8 Å². The molecule has 0 saturated heterocycles. The number of ether oxygens (including phenoxy) is 1. The lowest BCUT2D eigenvalue weighted by atomic mass is 10.3. The molecular formula is C10H9N3O2S. The SMILES string of the molecule is COC(=O)c1cnc(-c2cccs2)nc1N. The number of anilines is 1. The summed E-state index contributed by atoms with van der Waals surface area (Å²) in [5.41, 5.74) is 5.84. The Kier molecular flexibility index (Phi) is 2.82. The predicted molar refractivity (Wildman–Crippen MR) is 61.1 cm³/mol. The van der Waals surface area contributed by atoms with Crippen LogP contribution in [0.2, 0.25) is 0 Å². The van der Waals surface area contributed by atoms with Gasteiger partial charge in [-0.1, -0.05) is 6.07 Å². The molecule has 0 bridgehead atoms. The van der Waals surface area contributed by atoms with Gasteiger partial charge in [0.25, 0.3) is 0 Å². The minimum absolute atomic E-state index is 0.130. The van der Waals surface area contributed by atoms with Crippen LogP contribution in [-0.2, 0) is 4.74 Å². The van der Waals surface area contributed by atoms with Crippen LogP contribution >= 0.6 is 11.3 Å². The molecule has 0 radical (unpaired) electrons. The summed E-state index contributed by atoms with van der Waals surface area (Å²) in [5.74, 6) is 0.112. The molecular weight excluding hydrogens is 226 g/mol. The molecule has 0 aliphatic heterocycles. The number of carbonyl (C=O) groups is 1. The molecule has 0 amide bonds. The van der Waals surface area contributed by atoms with Crippen LogP contribution in [0.5, 0.6) is 0 Å². The molecule has 6 heteroatoms. The summed E-state index contributed by atoms with van der Waals surface area (Å²) in [4.78, 5) is 20.3. The van der Waals surface area contributed by atoms with Crippen LogP contribution in [0.3, 0.4) is 0 Å². The standard InChI is InChI=1S/C10H9N3O2S/c1-15-10(14)6-5-12-9(13-8(6)11)7-3-2-4-16-7/h2-5H,1H3,(H2,11,12,13). The third-order valence-corrected chi connectivity index (χ3v) is 2.83. The lowest BCUT2D eigenvalue weighted by Gasteiger charge is -2.03. The van der Waals surface area contributed by atoms with Crippen molar-refractivity contribution in [3.05, 3.63) is 29.3 Å². The van der Waals surface area contributed by atoms with E-state index in [-0.39, 0.29) is 11.4 Å². The van der Waals surface area contributed by atoms with E-state index in [1.54, 1.807) is 0 Å². The van der Waals surface area contributed by atoms with E-state index in [2.05, 4.69) is 14.7 Å². The zero-order valence-electron chi connectivity index (χ0n) is 8.51. The molecule has 2 aromatic rings. The zero-order valence-corrected chi connectivity index (χ0v) is 9.32. The normalized spacial score (nSPS) is 10.1. The third-order valence-electron chi connectivity index (χ3n) is 1.97. The van der Waals surface area contributed by atoms with Crippen molar-refractivity contribution in [1.29, 1.82) is 0 Å². The third kappa shape index (κ3) is 1.87. The summed E-state index contributed by atoms with van der Waals surface area (Å²) in [6.07, 6.45) is 1.38. The number of hydrogen-bond acceptors (Lipinski definition) is 6. The van der Waals surface area contributed by atoms with E-state index < -0.39 is 5.97 Å². The Morgan fingerprint density at radius 3 is 2.94 bits per heavy atom. The van der Waals surface area contributed by atoms with Crippen molar-refractivity contribution in [2.45, 2.75) is 0 Å². The summed E-state index contributed by atoms with van der Waals surface area (Å²) >= 11 is 1.51. The molecule has 0 saturated carbocycles. The van der Waals surface area contributed by atoms with E-state index in [0.717, 1.165) is 4.88 Å². The summed E-state index contributed by atoms with van der Waals surface area (Å²) in [5, 5.41) is 1.92. The van der Waals surface area contributed by atoms with Crippen molar-refractivity contribution in [3.8, 4) is 10.7 Å². The van der Waals surface area contributed by atoms with Gasteiger partial charge in [0.05, 0.1) is 12.0 Å². The number of esters is 1. The Morgan fingerprint density at radius 2 is 2.38 bits per heavy atom. The van der Waals surface area contributed by atoms with Crippen LogP contribution in [0, 0.1) is 0 Å². The largest absolute Gasteiger partial charge is 0.465 e. The van der Waals surface area contributed by atoms with Gasteiger partial charge in [-0.15, -0.1) is 11.3 Å². The van der Waals surface area contributed by atoms with E-state index >= 15 is 0 Å². The molecule has 0 fully saturated rings. The molecule has 16 heavy (non-hydrogen) atoms. The first-order valence-electron chi connectivity index (χ1n) is 4.47. The minimum Gasteiger partial charge on any atom is -0.465 e. The number of carbonyl (C=O) groups excluding carboxylic acids is 1. The maximum Gasteiger partial charge on any atom is 0.343 e. The van der Waals surface area contributed by atoms with Crippen LogP contribution in [0.4, 0.5) is 5.82 Å². The molecule has 2 N–H and O–H groups in total. The minimum atomic E-state index is -0.532. The summed E-state index contributed by atoms with van der Waals surface area (Å²) < 4.78 is 4.55. The van der Waals surface area contributed by atoms with Gasteiger partial charge in [-0.2, -0.15) is 0 Å². The first-order valence-corrected chi connectivity index (χ1v) is 5.35. The highest BCUT2D eigenvalue weighted by Gasteiger charge is 2.13. The number of nitrogens with zero attached hydrogens (tertiary/aromatic N) is 2. The van der Waals surface area contributed by atoms with Gasteiger partial charge in [0.2, 0.25) is 0 Å². The predicted octanol–water partition coefficient (Wildman–Crippen LogP) is 1.57. The molecule has 2 rings (SSSR count). The maximum atomic E-state index is 11.3. The molecule has 82 valence electrons. The summed E-state index contributed by atoms with van der Waals surface area (Å²) in [6, 6.07) is 3.78. The number of nitrogen functional groups attached to an aromatic ring is 1. The van der Waals surface area contributed by atoms with Crippen molar-refractivity contribution >= 4 is 23.1 Å². The van der Waals surface area contributed by atoms with E-state index in [0.29, 0.717) is 5.82 Å². The molecule has 0 aliphatic rings. The lowest BCUT2D eigenvalue weighted by Crippen LogP contribution is -2.08. The number of aromatic nitrogens is 2. The zero-order chi connectivity index (χ0) is 11.5. The lowest BCUT2D eigenvalue weighted by molar-refractivity contribution is 0.0601. The fraction of sp³-hybridized carbons (Fsp3) is 0.100.